The highest BCUT2D eigenvalue weighted by Crippen LogP contribution is 2.20. The summed E-state index contributed by atoms with van der Waals surface area (Å²) >= 11 is 0. The minimum absolute atomic E-state index is 0.195. The van der Waals surface area contributed by atoms with Crippen LogP contribution in [0.2, 0.25) is 0 Å². The molecule has 6 heteroatoms. The normalized spacial score (nSPS) is 10.4. The second-order valence-electron chi connectivity index (χ2n) is 5.12. The van der Waals surface area contributed by atoms with Gasteiger partial charge in [0.2, 0.25) is 5.91 Å². The van der Waals surface area contributed by atoms with E-state index in [-0.39, 0.29) is 18.0 Å². The van der Waals surface area contributed by atoms with Crippen LogP contribution < -0.4 is 10.6 Å². The van der Waals surface area contributed by atoms with Crippen LogP contribution >= 0.6 is 0 Å². The Morgan fingerprint density at radius 1 is 1.00 bits per heavy atom. The summed E-state index contributed by atoms with van der Waals surface area (Å²) in [5, 5.41) is 6.13. The molecule has 0 saturated heterocycles. The number of rotatable bonds is 4. The maximum absolute atomic E-state index is 12.8. The van der Waals surface area contributed by atoms with Crippen LogP contribution in [0.5, 0.6) is 0 Å². The molecule has 24 heavy (non-hydrogen) atoms. The van der Waals surface area contributed by atoms with Crippen molar-refractivity contribution in [1.29, 1.82) is 0 Å². The van der Waals surface area contributed by atoms with E-state index in [4.69, 9.17) is 0 Å². The first-order chi connectivity index (χ1) is 11.6. The third-order valence-electron chi connectivity index (χ3n) is 3.42. The van der Waals surface area contributed by atoms with Crippen molar-refractivity contribution in [2.24, 2.45) is 0 Å². The number of hydrogen-bond acceptors (Lipinski definition) is 3. The SMILES string of the molecule is O=C(CNC(=O)c1ccc(F)cc1)Nc1cccc2cccnc12. The first-order valence-corrected chi connectivity index (χ1v) is 7.31. The third kappa shape index (κ3) is 3.55. The number of nitrogens with one attached hydrogen (secondary N) is 2. The van der Waals surface area contributed by atoms with E-state index >= 15 is 0 Å². The number of amides is 2. The Morgan fingerprint density at radius 3 is 2.54 bits per heavy atom. The Balaban J connectivity index is 1.63. The molecule has 0 atom stereocenters. The van der Waals surface area contributed by atoms with Gasteiger partial charge in [0.25, 0.3) is 5.91 Å². The fraction of sp³-hybridized carbons (Fsp3) is 0.0556. The van der Waals surface area contributed by atoms with E-state index in [2.05, 4.69) is 15.6 Å². The molecule has 0 aliphatic rings. The second-order valence-corrected chi connectivity index (χ2v) is 5.12. The minimum atomic E-state index is -0.443. The number of para-hydroxylation sites is 1. The lowest BCUT2D eigenvalue weighted by atomic mass is 10.2. The number of aromatic nitrogens is 1. The molecule has 1 heterocycles. The van der Waals surface area contributed by atoms with Crippen molar-refractivity contribution in [3.8, 4) is 0 Å². The van der Waals surface area contributed by atoms with Crippen LogP contribution in [0.3, 0.4) is 0 Å². The van der Waals surface area contributed by atoms with Crippen molar-refractivity contribution < 1.29 is 14.0 Å². The van der Waals surface area contributed by atoms with Crippen LogP contribution in [0.4, 0.5) is 10.1 Å². The summed E-state index contributed by atoms with van der Waals surface area (Å²) in [6.07, 6.45) is 1.65. The smallest absolute Gasteiger partial charge is 0.251 e. The lowest BCUT2D eigenvalue weighted by Gasteiger charge is -2.09. The van der Waals surface area contributed by atoms with Gasteiger partial charge in [-0.3, -0.25) is 14.6 Å². The van der Waals surface area contributed by atoms with Gasteiger partial charge in [0.15, 0.2) is 0 Å². The Labute approximate surface area is 137 Å². The molecule has 2 aromatic carbocycles. The van der Waals surface area contributed by atoms with Crippen LogP contribution in [0, 0.1) is 5.82 Å². The summed E-state index contributed by atoms with van der Waals surface area (Å²) in [5.41, 5.74) is 1.54. The van der Waals surface area contributed by atoms with E-state index in [0.717, 1.165) is 5.39 Å². The number of anilines is 1. The van der Waals surface area contributed by atoms with Gasteiger partial charge in [-0.1, -0.05) is 18.2 Å². The average Bonchev–Trinajstić information content (AvgIpc) is 2.61. The van der Waals surface area contributed by atoms with Gasteiger partial charge < -0.3 is 10.6 Å². The number of pyridine rings is 1. The highest BCUT2D eigenvalue weighted by Gasteiger charge is 2.10. The van der Waals surface area contributed by atoms with E-state index in [9.17, 15) is 14.0 Å². The molecule has 0 fully saturated rings. The van der Waals surface area contributed by atoms with Crippen molar-refractivity contribution in [1.82, 2.24) is 10.3 Å². The van der Waals surface area contributed by atoms with Gasteiger partial charge in [0, 0.05) is 17.1 Å². The molecular formula is C18H14FN3O2. The van der Waals surface area contributed by atoms with E-state index in [1.165, 1.54) is 24.3 Å². The van der Waals surface area contributed by atoms with Gasteiger partial charge in [-0.25, -0.2) is 4.39 Å². The summed E-state index contributed by atoms with van der Waals surface area (Å²) in [4.78, 5) is 28.2. The minimum Gasteiger partial charge on any atom is -0.343 e. The number of benzene rings is 2. The second kappa shape index (κ2) is 6.87. The van der Waals surface area contributed by atoms with Gasteiger partial charge >= 0.3 is 0 Å². The molecule has 0 bridgehead atoms. The molecule has 1 aromatic heterocycles. The summed E-state index contributed by atoms with van der Waals surface area (Å²) in [6, 6.07) is 14.3. The molecule has 2 amide bonds. The largest absolute Gasteiger partial charge is 0.343 e. The Kier molecular flexibility index (Phi) is 4.47. The number of halogens is 1. The zero-order valence-corrected chi connectivity index (χ0v) is 12.6. The Hall–Kier alpha value is -3.28. The van der Waals surface area contributed by atoms with E-state index in [1.807, 2.05) is 24.3 Å². The van der Waals surface area contributed by atoms with Gasteiger partial charge in [-0.2, -0.15) is 0 Å². The average molecular weight is 323 g/mol. The van der Waals surface area contributed by atoms with Crippen molar-refractivity contribution in [2.45, 2.75) is 0 Å². The first-order valence-electron chi connectivity index (χ1n) is 7.31. The number of carbonyl (C=O) groups is 2. The molecule has 0 spiro atoms. The molecule has 120 valence electrons. The summed E-state index contributed by atoms with van der Waals surface area (Å²) in [7, 11) is 0. The van der Waals surface area contributed by atoms with Crippen molar-refractivity contribution in [2.75, 3.05) is 11.9 Å². The molecule has 0 aliphatic carbocycles. The van der Waals surface area contributed by atoms with Gasteiger partial charge in [-0.15, -0.1) is 0 Å². The molecule has 3 rings (SSSR count). The maximum Gasteiger partial charge on any atom is 0.251 e. The molecule has 0 unspecified atom stereocenters. The molecule has 0 aliphatic heterocycles. The monoisotopic (exact) mass is 323 g/mol. The molecule has 2 N–H and O–H groups in total. The van der Waals surface area contributed by atoms with Crippen LogP contribution in [0.1, 0.15) is 10.4 Å². The predicted molar refractivity (Wildman–Crippen MR) is 89.1 cm³/mol. The van der Waals surface area contributed by atoms with Gasteiger partial charge in [-0.05, 0) is 36.4 Å². The number of nitrogens with zero attached hydrogens (tertiary/aromatic N) is 1. The van der Waals surface area contributed by atoms with Crippen molar-refractivity contribution in [3.63, 3.8) is 0 Å². The standard InChI is InChI=1S/C18H14FN3O2/c19-14-8-6-13(7-9-14)18(24)21-11-16(23)22-15-5-1-3-12-4-2-10-20-17(12)15/h1-10H,11H2,(H,21,24)(H,22,23). The quantitative estimate of drug-likeness (QED) is 0.775. The molecule has 0 radical (unpaired) electrons. The number of carbonyl (C=O) groups excluding carboxylic acids is 2. The van der Waals surface area contributed by atoms with Crippen LogP contribution in [0.25, 0.3) is 10.9 Å². The Morgan fingerprint density at radius 2 is 1.75 bits per heavy atom. The van der Waals surface area contributed by atoms with Crippen LogP contribution in [-0.4, -0.2) is 23.3 Å². The maximum atomic E-state index is 12.8. The van der Waals surface area contributed by atoms with E-state index in [0.29, 0.717) is 11.2 Å². The predicted octanol–water partition coefficient (Wildman–Crippen LogP) is 2.74. The zero-order chi connectivity index (χ0) is 16.9. The van der Waals surface area contributed by atoms with Crippen LogP contribution in [0.15, 0.2) is 60.8 Å². The lowest BCUT2D eigenvalue weighted by Crippen LogP contribution is -2.32. The van der Waals surface area contributed by atoms with Gasteiger partial charge in [0.1, 0.15) is 5.82 Å². The number of fused-ring (bicyclic) bond motifs is 1. The van der Waals surface area contributed by atoms with E-state index in [1.54, 1.807) is 12.3 Å². The van der Waals surface area contributed by atoms with Crippen molar-refractivity contribution >= 4 is 28.4 Å². The molecule has 3 aromatic rings. The fourth-order valence-electron chi connectivity index (χ4n) is 2.26. The van der Waals surface area contributed by atoms with Crippen LogP contribution in [-0.2, 0) is 4.79 Å². The van der Waals surface area contributed by atoms with E-state index < -0.39 is 11.7 Å². The summed E-state index contributed by atoms with van der Waals surface area (Å²) in [5.74, 6) is -1.24. The highest BCUT2D eigenvalue weighted by atomic mass is 19.1. The van der Waals surface area contributed by atoms with Gasteiger partial charge in [0.05, 0.1) is 17.7 Å². The highest BCUT2D eigenvalue weighted by molar-refractivity contribution is 6.03. The molecule has 0 saturated carbocycles. The fourth-order valence-corrected chi connectivity index (χ4v) is 2.26. The molecular weight excluding hydrogens is 309 g/mol. The topological polar surface area (TPSA) is 71.1 Å². The third-order valence-corrected chi connectivity index (χ3v) is 3.42. The number of hydrogen-bond donors (Lipinski definition) is 2. The first kappa shape index (κ1) is 15.6. The summed E-state index contributed by atoms with van der Waals surface area (Å²) in [6.45, 7) is -0.195. The Bertz CT molecular complexity index is 889. The molecule has 5 nitrogen and oxygen atoms in total. The lowest BCUT2D eigenvalue weighted by molar-refractivity contribution is -0.115. The zero-order valence-electron chi connectivity index (χ0n) is 12.6. The van der Waals surface area contributed by atoms with Crippen molar-refractivity contribution in [3.05, 3.63) is 72.2 Å². The summed E-state index contributed by atoms with van der Waals surface area (Å²) < 4.78 is 12.8.